The standard InChI is InChI=1S/C23H23N5O2/c24-15-27-12-4-7-19(13-27)28-23(25)20(14-29)21(26-28)16-8-10-18(11-9-16)22(30)17-5-2-1-3-6-17/h1-3,5-6,8-11,14,19,22,30H,4,7,12-13,25H2. The predicted octanol–water partition coefficient (Wildman–Crippen LogP) is 3.14. The highest BCUT2D eigenvalue weighted by atomic mass is 16.3. The van der Waals surface area contributed by atoms with Gasteiger partial charge in [0.15, 0.2) is 12.5 Å². The van der Waals surface area contributed by atoms with E-state index in [4.69, 9.17) is 5.73 Å². The van der Waals surface area contributed by atoms with E-state index in [1.165, 1.54) is 0 Å². The minimum atomic E-state index is -0.729. The highest BCUT2D eigenvalue weighted by Gasteiger charge is 2.26. The monoisotopic (exact) mass is 401 g/mol. The lowest BCUT2D eigenvalue weighted by Crippen LogP contribution is -2.34. The van der Waals surface area contributed by atoms with Gasteiger partial charge in [0.1, 0.15) is 17.6 Å². The van der Waals surface area contributed by atoms with Crippen LogP contribution in [-0.4, -0.2) is 39.2 Å². The normalized spacial score (nSPS) is 17.3. The lowest BCUT2D eigenvalue weighted by molar-refractivity contribution is 0.112. The molecule has 4 rings (SSSR count). The van der Waals surface area contributed by atoms with Gasteiger partial charge in [-0.1, -0.05) is 54.6 Å². The Bertz CT molecular complexity index is 1070. The Labute approximate surface area is 175 Å². The predicted molar refractivity (Wildman–Crippen MR) is 113 cm³/mol. The van der Waals surface area contributed by atoms with Crippen LogP contribution in [0.4, 0.5) is 5.82 Å². The molecule has 3 aromatic rings. The van der Waals surface area contributed by atoms with E-state index in [0.29, 0.717) is 23.6 Å². The molecular weight excluding hydrogens is 378 g/mol. The van der Waals surface area contributed by atoms with Crippen LogP contribution in [0.2, 0.25) is 0 Å². The lowest BCUT2D eigenvalue weighted by Gasteiger charge is -2.29. The Morgan fingerprint density at radius 1 is 1.17 bits per heavy atom. The number of aliphatic hydroxyl groups is 1. The molecule has 0 amide bonds. The fraction of sp³-hybridized carbons (Fsp3) is 0.261. The van der Waals surface area contributed by atoms with Gasteiger partial charge in [-0.15, -0.1) is 0 Å². The van der Waals surface area contributed by atoms with E-state index in [1.807, 2.05) is 54.6 Å². The van der Waals surface area contributed by atoms with Gasteiger partial charge in [-0.25, -0.2) is 4.68 Å². The number of aliphatic hydroxyl groups excluding tert-OH is 1. The highest BCUT2D eigenvalue weighted by molar-refractivity contribution is 5.91. The third kappa shape index (κ3) is 3.65. The molecule has 1 aliphatic rings. The number of benzene rings is 2. The summed E-state index contributed by atoms with van der Waals surface area (Å²) in [5.41, 5.74) is 9.42. The number of rotatable bonds is 5. The van der Waals surface area contributed by atoms with Crippen molar-refractivity contribution in [2.45, 2.75) is 25.0 Å². The summed E-state index contributed by atoms with van der Waals surface area (Å²) < 4.78 is 1.68. The molecule has 1 aliphatic heterocycles. The van der Waals surface area contributed by atoms with Crippen LogP contribution in [0.25, 0.3) is 11.3 Å². The van der Waals surface area contributed by atoms with E-state index in [-0.39, 0.29) is 6.04 Å². The van der Waals surface area contributed by atoms with Gasteiger partial charge in [0.05, 0.1) is 18.2 Å². The van der Waals surface area contributed by atoms with Gasteiger partial charge in [0.2, 0.25) is 0 Å². The first-order valence-electron chi connectivity index (χ1n) is 9.93. The van der Waals surface area contributed by atoms with E-state index in [0.717, 1.165) is 42.4 Å². The van der Waals surface area contributed by atoms with Crippen LogP contribution in [-0.2, 0) is 0 Å². The van der Waals surface area contributed by atoms with Crippen LogP contribution in [0.15, 0.2) is 54.6 Å². The average molecular weight is 401 g/mol. The van der Waals surface area contributed by atoms with Crippen LogP contribution in [0.5, 0.6) is 0 Å². The molecule has 2 aromatic carbocycles. The Morgan fingerprint density at radius 3 is 2.53 bits per heavy atom. The Morgan fingerprint density at radius 2 is 1.87 bits per heavy atom. The Balaban J connectivity index is 1.64. The van der Waals surface area contributed by atoms with Gasteiger partial charge < -0.3 is 15.7 Å². The third-order valence-corrected chi connectivity index (χ3v) is 5.60. The number of hydrogen-bond acceptors (Lipinski definition) is 6. The summed E-state index contributed by atoms with van der Waals surface area (Å²) in [6.07, 6.45) is 3.90. The number of carbonyl (C=O) groups is 1. The highest BCUT2D eigenvalue weighted by Crippen LogP contribution is 2.32. The summed E-state index contributed by atoms with van der Waals surface area (Å²) in [6.45, 7) is 1.26. The summed E-state index contributed by atoms with van der Waals surface area (Å²) in [7, 11) is 0. The number of anilines is 1. The van der Waals surface area contributed by atoms with Gasteiger partial charge >= 0.3 is 0 Å². The van der Waals surface area contributed by atoms with Gasteiger partial charge in [0, 0.05) is 12.1 Å². The second-order valence-electron chi connectivity index (χ2n) is 7.49. The molecule has 0 saturated carbocycles. The van der Waals surface area contributed by atoms with Gasteiger partial charge in [-0.2, -0.15) is 10.4 Å². The Kier molecular flexibility index (Phi) is 5.50. The van der Waals surface area contributed by atoms with E-state index >= 15 is 0 Å². The first kappa shape index (κ1) is 19.7. The molecule has 2 heterocycles. The minimum Gasteiger partial charge on any atom is -0.384 e. The van der Waals surface area contributed by atoms with Crippen LogP contribution >= 0.6 is 0 Å². The SMILES string of the molecule is N#CN1CCCC(n2nc(-c3ccc(C(O)c4ccccc4)cc3)c(C=O)c2N)C1. The molecule has 1 saturated heterocycles. The number of aldehydes is 1. The number of piperidine rings is 1. The van der Waals surface area contributed by atoms with Crippen molar-refractivity contribution in [1.29, 1.82) is 5.26 Å². The zero-order valence-electron chi connectivity index (χ0n) is 16.5. The molecule has 0 spiro atoms. The number of nitrogen functional groups attached to an aromatic ring is 1. The maximum atomic E-state index is 11.8. The maximum absolute atomic E-state index is 11.8. The van der Waals surface area contributed by atoms with Crippen molar-refractivity contribution < 1.29 is 9.90 Å². The van der Waals surface area contributed by atoms with Gasteiger partial charge in [-0.3, -0.25) is 4.79 Å². The van der Waals surface area contributed by atoms with E-state index < -0.39 is 6.10 Å². The number of nitriles is 1. The van der Waals surface area contributed by atoms with Crippen molar-refractivity contribution in [2.75, 3.05) is 18.8 Å². The molecule has 152 valence electrons. The summed E-state index contributed by atoms with van der Waals surface area (Å²) in [6, 6.07) is 16.7. The van der Waals surface area contributed by atoms with E-state index in [2.05, 4.69) is 11.3 Å². The maximum Gasteiger partial charge on any atom is 0.179 e. The molecule has 3 N–H and O–H groups in total. The third-order valence-electron chi connectivity index (χ3n) is 5.60. The number of nitrogens with two attached hydrogens (primary N) is 1. The summed E-state index contributed by atoms with van der Waals surface area (Å²) >= 11 is 0. The van der Waals surface area contributed by atoms with Crippen molar-refractivity contribution in [2.24, 2.45) is 0 Å². The second-order valence-corrected chi connectivity index (χ2v) is 7.49. The fourth-order valence-electron chi connectivity index (χ4n) is 3.96. The molecule has 7 heteroatoms. The van der Waals surface area contributed by atoms with Gasteiger partial charge in [-0.05, 0) is 24.0 Å². The summed E-state index contributed by atoms with van der Waals surface area (Å²) in [4.78, 5) is 13.5. The molecule has 0 aliphatic carbocycles. The fourth-order valence-corrected chi connectivity index (χ4v) is 3.96. The smallest absolute Gasteiger partial charge is 0.179 e. The first-order chi connectivity index (χ1) is 14.6. The quantitative estimate of drug-likeness (QED) is 0.502. The second kappa shape index (κ2) is 8.39. The van der Waals surface area contributed by atoms with Crippen molar-refractivity contribution >= 4 is 12.1 Å². The van der Waals surface area contributed by atoms with E-state index in [1.54, 1.807) is 9.58 Å². The van der Waals surface area contributed by atoms with E-state index in [9.17, 15) is 15.2 Å². The molecule has 1 fully saturated rings. The number of carbonyl (C=O) groups excluding carboxylic acids is 1. The molecule has 2 atom stereocenters. The largest absolute Gasteiger partial charge is 0.384 e. The number of likely N-dealkylation sites (tertiary alicyclic amines) is 1. The zero-order valence-corrected chi connectivity index (χ0v) is 16.5. The van der Waals surface area contributed by atoms with Gasteiger partial charge in [0.25, 0.3) is 0 Å². The van der Waals surface area contributed by atoms with Crippen LogP contribution in [0.1, 0.15) is 46.5 Å². The van der Waals surface area contributed by atoms with Crippen LogP contribution in [0, 0.1) is 11.5 Å². The molecule has 2 unspecified atom stereocenters. The van der Waals surface area contributed by atoms with Crippen molar-refractivity contribution in [3.05, 3.63) is 71.3 Å². The number of nitrogens with zero attached hydrogens (tertiary/aromatic N) is 4. The Hall–Kier alpha value is -3.63. The number of aromatic nitrogens is 2. The van der Waals surface area contributed by atoms with Crippen LogP contribution in [0.3, 0.4) is 0 Å². The summed E-state index contributed by atoms with van der Waals surface area (Å²) in [5.74, 6) is 0.318. The van der Waals surface area contributed by atoms with Crippen LogP contribution < -0.4 is 5.73 Å². The molecule has 1 aromatic heterocycles. The zero-order chi connectivity index (χ0) is 21.1. The lowest BCUT2D eigenvalue weighted by atomic mass is 9.99. The molecular formula is C23H23N5O2. The topological polar surface area (TPSA) is 108 Å². The molecule has 0 radical (unpaired) electrons. The first-order valence-corrected chi connectivity index (χ1v) is 9.93. The average Bonchev–Trinajstić information content (AvgIpc) is 3.15. The molecule has 0 bridgehead atoms. The number of hydrogen-bond donors (Lipinski definition) is 2. The van der Waals surface area contributed by atoms with Crippen molar-refractivity contribution in [3.8, 4) is 17.5 Å². The van der Waals surface area contributed by atoms with Crippen molar-refractivity contribution in [1.82, 2.24) is 14.7 Å². The molecule has 7 nitrogen and oxygen atoms in total. The minimum absolute atomic E-state index is 0.0509. The van der Waals surface area contributed by atoms with Crippen molar-refractivity contribution in [3.63, 3.8) is 0 Å². The summed E-state index contributed by atoms with van der Waals surface area (Å²) in [5, 5.41) is 24.4. The molecule has 30 heavy (non-hydrogen) atoms.